The number of hydrogen-bond acceptors (Lipinski definition) is 7. The molecule has 39 heavy (non-hydrogen) atoms. The van der Waals surface area contributed by atoms with Gasteiger partial charge in [0.15, 0.2) is 0 Å². The van der Waals surface area contributed by atoms with Gasteiger partial charge in [0.1, 0.15) is 18.1 Å². The van der Waals surface area contributed by atoms with Gasteiger partial charge in [-0.3, -0.25) is 14.4 Å². The second kappa shape index (κ2) is 14.7. The molecule has 0 fully saturated rings. The summed E-state index contributed by atoms with van der Waals surface area (Å²) >= 11 is 4.19. The number of rotatable bonds is 14. The van der Waals surface area contributed by atoms with Gasteiger partial charge in [0.25, 0.3) is 0 Å². The van der Waals surface area contributed by atoms with Crippen LogP contribution < -0.4 is 21.7 Å². The summed E-state index contributed by atoms with van der Waals surface area (Å²) in [5, 5.41) is 17.5. The van der Waals surface area contributed by atoms with E-state index in [-0.39, 0.29) is 25.0 Å². The van der Waals surface area contributed by atoms with E-state index in [0.717, 1.165) is 11.1 Å². The van der Waals surface area contributed by atoms with E-state index in [1.807, 2.05) is 12.1 Å². The van der Waals surface area contributed by atoms with Gasteiger partial charge in [-0.15, -0.1) is 0 Å². The smallest absolute Gasteiger partial charge is 0.326 e. The van der Waals surface area contributed by atoms with Gasteiger partial charge >= 0.3 is 5.97 Å². The van der Waals surface area contributed by atoms with Crippen molar-refractivity contribution in [3.8, 4) is 0 Å². The van der Waals surface area contributed by atoms with Crippen molar-refractivity contribution in [3.05, 3.63) is 90.0 Å². The molecule has 0 saturated carbocycles. The van der Waals surface area contributed by atoms with Crippen LogP contribution in [0.25, 0.3) is 0 Å². The first-order valence-electron chi connectivity index (χ1n) is 12.3. The molecule has 0 aliphatic carbocycles. The van der Waals surface area contributed by atoms with E-state index in [9.17, 15) is 24.3 Å². The van der Waals surface area contributed by atoms with E-state index in [4.69, 9.17) is 5.73 Å². The Bertz CT molecular complexity index is 1230. The number of aromatic amines is 1. The molecule has 0 spiro atoms. The average Bonchev–Trinajstić information content (AvgIpc) is 3.44. The van der Waals surface area contributed by atoms with Crippen molar-refractivity contribution in [1.82, 2.24) is 25.9 Å². The predicted octanol–water partition coefficient (Wildman–Crippen LogP) is 0.234. The molecule has 4 unspecified atom stereocenters. The number of thiol groups is 1. The summed E-state index contributed by atoms with van der Waals surface area (Å²) in [5.74, 6) is -3.16. The lowest BCUT2D eigenvalue weighted by Crippen LogP contribution is -2.58. The Kier molecular flexibility index (Phi) is 11.1. The van der Waals surface area contributed by atoms with E-state index in [2.05, 4.69) is 38.5 Å². The van der Waals surface area contributed by atoms with Gasteiger partial charge in [-0.2, -0.15) is 12.6 Å². The summed E-state index contributed by atoms with van der Waals surface area (Å²) < 4.78 is 0. The van der Waals surface area contributed by atoms with Gasteiger partial charge in [-0.25, -0.2) is 9.78 Å². The summed E-state index contributed by atoms with van der Waals surface area (Å²) in [6.07, 6.45) is 3.37. The molecule has 0 saturated heterocycles. The monoisotopic (exact) mass is 552 g/mol. The van der Waals surface area contributed by atoms with Gasteiger partial charge in [-0.1, -0.05) is 60.7 Å². The van der Waals surface area contributed by atoms with Gasteiger partial charge in [0.2, 0.25) is 17.7 Å². The number of carboxylic acid groups (broad SMARTS) is 1. The Labute approximate surface area is 231 Å². The number of nitrogens with two attached hydrogens (primary N) is 1. The van der Waals surface area contributed by atoms with Crippen molar-refractivity contribution in [1.29, 1.82) is 0 Å². The lowest BCUT2D eigenvalue weighted by Gasteiger charge is -2.25. The van der Waals surface area contributed by atoms with Crippen LogP contribution in [-0.4, -0.2) is 68.7 Å². The molecule has 1 heterocycles. The molecular weight excluding hydrogens is 520 g/mol. The number of aliphatic carboxylic acids is 1. The highest BCUT2D eigenvalue weighted by Crippen LogP contribution is 2.08. The number of imidazole rings is 1. The van der Waals surface area contributed by atoms with Crippen LogP contribution in [0.5, 0.6) is 0 Å². The largest absolute Gasteiger partial charge is 0.480 e. The second-order valence-corrected chi connectivity index (χ2v) is 9.34. The third kappa shape index (κ3) is 9.27. The topological polar surface area (TPSA) is 179 Å². The van der Waals surface area contributed by atoms with Crippen LogP contribution in [0, 0.1) is 0 Å². The molecule has 12 heteroatoms. The lowest BCUT2D eigenvalue weighted by molar-refractivity contribution is -0.142. The summed E-state index contributed by atoms with van der Waals surface area (Å²) in [6, 6.07) is 13.5. The third-order valence-corrected chi connectivity index (χ3v) is 6.33. The van der Waals surface area contributed by atoms with E-state index in [0.29, 0.717) is 5.69 Å². The van der Waals surface area contributed by atoms with Gasteiger partial charge in [0, 0.05) is 36.9 Å². The number of nitrogens with one attached hydrogen (secondary N) is 4. The molecule has 3 rings (SSSR count). The molecule has 206 valence electrons. The zero-order valence-electron chi connectivity index (χ0n) is 21.1. The first-order chi connectivity index (χ1) is 18.8. The number of H-pyrrole nitrogens is 1. The Morgan fingerprint density at radius 2 is 1.31 bits per heavy atom. The van der Waals surface area contributed by atoms with E-state index < -0.39 is 47.9 Å². The Morgan fingerprint density at radius 1 is 0.795 bits per heavy atom. The Morgan fingerprint density at radius 3 is 1.82 bits per heavy atom. The SMILES string of the molecule is NC(Cc1cnc[nH]1)C(=O)NC(CS)C(=O)NC(Cc1ccccc1)C(=O)NC(Cc1ccccc1)C(=O)O. The van der Waals surface area contributed by atoms with E-state index >= 15 is 0 Å². The number of hydrogen-bond donors (Lipinski definition) is 7. The van der Waals surface area contributed by atoms with Gasteiger partial charge in [0.05, 0.1) is 12.4 Å². The fourth-order valence-electron chi connectivity index (χ4n) is 3.85. The molecule has 0 aliphatic heterocycles. The zero-order chi connectivity index (χ0) is 28.2. The summed E-state index contributed by atoms with van der Waals surface area (Å²) in [4.78, 5) is 57.7. The predicted molar refractivity (Wildman–Crippen MR) is 148 cm³/mol. The van der Waals surface area contributed by atoms with Crippen molar-refractivity contribution in [2.24, 2.45) is 5.73 Å². The molecule has 1 aromatic heterocycles. The molecule has 0 aliphatic rings. The average molecular weight is 553 g/mol. The third-order valence-electron chi connectivity index (χ3n) is 5.96. The van der Waals surface area contributed by atoms with E-state index in [1.54, 1.807) is 54.7 Å². The van der Waals surface area contributed by atoms with Crippen LogP contribution >= 0.6 is 12.6 Å². The first kappa shape index (κ1) is 29.4. The highest BCUT2D eigenvalue weighted by atomic mass is 32.1. The fraction of sp³-hybridized carbons (Fsp3) is 0.296. The summed E-state index contributed by atoms with van der Waals surface area (Å²) in [6.45, 7) is 0. The molecule has 4 atom stereocenters. The standard InChI is InChI=1S/C27H32N6O5S/c28-20(13-19-14-29-16-30-19)24(34)33-23(15-39)26(36)31-21(11-17-7-3-1-4-8-17)25(35)32-22(27(37)38)12-18-9-5-2-6-10-18/h1-10,14,16,20-23,39H,11-13,15,28H2,(H,29,30)(H,31,36)(H,32,35)(H,33,34)(H,37,38). The molecule has 0 radical (unpaired) electrons. The van der Waals surface area contributed by atoms with Gasteiger partial charge < -0.3 is 31.8 Å². The maximum absolute atomic E-state index is 13.3. The second-order valence-electron chi connectivity index (χ2n) is 8.97. The van der Waals surface area contributed by atoms with Crippen LogP contribution in [-0.2, 0) is 38.4 Å². The normalized spacial score (nSPS) is 13.9. The highest BCUT2D eigenvalue weighted by Gasteiger charge is 2.30. The van der Waals surface area contributed by atoms with Crippen molar-refractivity contribution in [2.75, 3.05) is 5.75 Å². The van der Waals surface area contributed by atoms with Crippen molar-refractivity contribution in [2.45, 2.75) is 43.4 Å². The lowest BCUT2D eigenvalue weighted by atomic mass is 10.0. The minimum absolute atomic E-state index is 0.0558. The minimum atomic E-state index is -1.21. The van der Waals surface area contributed by atoms with Crippen LogP contribution in [0.1, 0.15) is 16.8 Å². The van der Waals surface area contributed by atoms with Crippen LogP contribution in [0.4, 0.5) is 0 Å². The zero-order valence-corrected chi connectivity index (χ0v) is 22.0. The number of carbonyl (C=O) groups is 4. The van der Waals surface area contributed by atoms with Crippen molar-refractivity contribution < 1.29 is 24.3 Å². The number of amides is 3. The highest BCUT2D eigenvalue weighted by molar-refractivity contribution is 7.80. The Hall–Kier alpha value is -4.16. The van der Waals surface area contributed by atoms with E-state index in [1.165, 1.54) is 6.33 Å². The quantitative estimate of drug-likeness (QED) is 0.140. The summed E-state index contributed by atoms with van der Waals surface area (Å²) in [5.41, 5.74) is 8.12. The fourth-order valence-corrected chi connectivity index (χ4v) is 4.11. The molecule has 3 aromatic rings. The maximum Gasteiger partial charge on any atom is 0.326 e. The van der Waals surface area contributed by atoms with Crippen LogP contribution in [0.15, 0.2) is 73.2 Å². The number of aromatic nitrogens is 2. The first-order valence-corrected chi connectivity index (χ1v) is 13.0. The molecule has 11 nitrogen and oxygen atoms in total. The summed E-state index contributed by atoms with van der Waals surface area (Å²) in [7, 11) is 0. The van der Waals surface area contributed by atoms with Gasteiger partial charge in [-0.05, 0) is 11.1 Å². The molecule has 2 aromatic carbocycles. The maximum atomic E-state index is 13.3. The van der Waals surface area contributed by atoms with Crippen molar-refractivity contribution in [3.63, 3.8) is 0 Å². The molecular formula is C27H32N6O5S. The minimum Gasteiger partial charge on any atom is -0.480 e. The molecule has 7 N–H and O–H groups in total. The Balaban J connectivity index is 1.70. The number of benzene rings is 2. The number of nitrogens with zero attached hydrogens (tertiary/aromatic N) is 1. The molecule has 3 amide bonds. The number of carbonyl (C=O) groups excluding carboxylic acids is 3. The van der Waals surface area contributed by atoms with Crippen molar-refractivity contribution >= 4 is 36.3 Å². The van der Waals surface area contributed by atoms with Crippen LogP contribution in [0.2, 0.25) is 0 Å². The molecule has 0 bridgehead atoms. The van der Waals surface area contributed by atoms with Crippen LogP contribution in [0.3, 0.4) is 0 Å². The number of carboxylic acids is 1.